The Labute approximate surface area is 178 Å². The predicted molar refractivity (Wildman–Crippen MR) is 116 cm³/mol. The van der Waals surface area contributed by atoms with Gasteiger partial charge in [0, 0.05) is 38.0 Å². The molecule has 3 aromatic carbocycles. The lowest BCUT2D eigenvalue weighted by Gasteiger charge is -2.10. The first-order valence-electron chi connectivity index (χ1n) is 9.30. The Kier molecular flexibility index (Phi) is 5.69. The number of rotatable bonds is 4. The maximum absolute atomic E-state index is 14.7. The van der Waals surface area contributed by atoms with Crippen LogP contribution in [0.4, 0.5) is 10.1 Å². The topological polar surface area (TPSA) is 41.5 Å². The molecule has 6 heteroatoms. The van der Waals surface area contributed by atoms with Gasteiger partial charge in [-0.05, 0) is 48.9 Å². The van der Waals surface area contributed by atoms with Crippen LogP contribution in [-0.2, 0) is 0 Å². The maximum atomic E-state index is 14.7. The van der Waals surface area contributed by atoms with Crippen LogP contribution in [0, 0.1) is 5.82 Å². The first-order chi connectivity index (χ1) is 14.1. The van der Waals surface area contributed by atoms with Gasteiger partial charge in [0.1, 0.15) is 5.82 Å². The fraction of sp³-hybridized carbons (Fsp3) is 0.130. The highest BCUT2D eigenvalue weighted by Gasteiger charge is 2.21. The summed E-state index contributed by atoms with van der Waals surface area (Å²) >= 11 is 7.49. The number of carbonyl (C=O) groups excluding carboxylic acids is 1. The standard InChI is InChI=1S/C23H18ClFN2OS/c1-2-11-26-23(28)14-7-10-21-19(12-14)27-22(16-9-8-15(24)13-18(16)25)17-5-3-4-6-20(17)29-21/h3-10,12-13H,2,11H2,1H3,(H,26,28). The largest absolute Gasteiger partial charge is 0.352 e. The lowest BCUT2D eigenvalue weighted by molar-refractivity contribution is 0.0953. The Morgan fingerprint density at radius 1 is 1.07 bits per heavy atom. The van der Waals surface area contributed by atoms with E-state index in [1.54, 1.807) is 36.0 Å². The fourth-order valence-electron chi connectivity index (χ4n) is 3.11. The Morgan fingerprint density at radius 3 is 2.69 bits per heavy atom. The van der Waals surface area contributed by atoms with E-state index in [2.05, 4.69) is 5.32 Å². The average molecular weight is 425 g/mol. The third-order valence-corrected chi connectivity index (χ3v) is 5.91. The van der Waals surface area contributed by atoms with Crippen LogP contribution in [0.15, 0.2) is 75.4 Å². The molecule has 1 N–H and O–H groups in total. The maximum Gasteiger partial charge on any atom is 0.251 e. The van der Waals surface area contributed by atoms with E-state index in [9.17, 15) is 9.18 Å². The highest BCUT2D eigenvalue weighted by molar-refractivity contribution is 7.99. The molecule has 0 unspecified atom stereocenters. The summed E-state index contributed by atoms with van der Waals surface area (Å²) in [6, 6.07) is 17.8. The van der Waals surface area contributed by atoms with E-state index in [4.69, 9.17) is 16.6 Å². The first kappa shape index (κ1) is 19.7. The Morgan fingerprint density at radius 2 is 1.90 bits per heavy atom. The lowest BCUT2D eigenvalue weighted by atomic mass is 10.0. The number of nitrogens with one attached hydrogen (secondary N) is 1. The molecule has 0 saturated heterocycles. The van der Waals surface area contributed by atoms with Crippen LogP contribution in [-0.4, -0.2) is 18.2 Å². The highest BCUT2D eigenvalue weighted by Crippen LogP contribution is 2.41. The van der Waals surface area contributed by atoms with E-state index in [1.807, 2.05) is 37.3 Å². The van der Waals surface area contributed by atoms with Gasteiger partial charge in [0.05, 0.1) is 11.4 Å². The van der Waals surface area contributed by atoms with Crippen molar-refractivity contribution in [2.24, 2.45) is 4.99 Å². The van der Waals surface area contributed by atoms with Crippen molar-refractivity contribution < 1.29 is 9.18 Å². The van der Waals surface area contributed by atoms with Gasteiger partial charge in [-0.2, -0.15) is 0 Å². The van der Waals surface area contributed by atoms with E-state index in [0.29, 0.717) is 34.1 Å². The van der Waals surface area contributed by atoms with Gasteiger partial charge in [0.2, 0.25) is 0 Å². The van der Waals surface area contributed by atoms with Crippen LogP contribution in [0.1, 0.15) is 34.8 Å². The quantitative estimate of drug-likeness (QED) is 0.420. The second-order valence-corrected chi connectivity index (χ2v) is 8.14. The van der Waals surface area contributed by atoms with Crippen molar-refractivity contribution in [3.8, 4) is 0 Å². The Bertz CT molecular complexity index is 1130. The molecular weight excluding hydrogens is 407 g/mol. The molecule has 3 aromatic rings. The molecule has 0 bridgehead atoms. The van der Waals surface area contributed by atoms with E-state index < -0.39 is 5.82 Å². The van der Waals surface area contributed by atoms with Gasteiger partial charge in [-0.3, -0.25) is 4.79 Å². The van der Waals surface area contributed by atoms with Crippen LogP contribution in [0.5, 0.6) is 0 Å². The molecule has 29 heavy (non-hydrogen) atoms. The molecule has 1 aliphatic heterocycles. The van der Waals surface area contributed by atoms with Gasteiger partial charge >= 0.3 is 0 Å². The number of hydrogen-bond donors (Lipinski definition) is 1. The van der Waals surface area contributed by atoms with E-state index in [0.717, 1.165) is 21.8 Å². The van der Waals surface area contributed by atoms with Crippen LogP contribution < -0.4 is 5.32 Å². The second-order valence-electron chi connectivity index (χ2n) is 6.62. The Hall–Kier alpha value is -2.63. The van der Waals surface area contributed by atoms with E-state index in [-0.39, 0.29) is 5.91 Å². The zero-order valence-corrected chi connectivity index (χ0v) is 17.3. The van der Waals surface area contributed by atoms with Crippen molar-refractivity contribution in [1.82, 2.24) is 5.32 Å². The van der Waals surface area contributed by atoms with Crippen molar-refractivity contribution in [2.75, 3.05) is 6.54 Å². The highest BCUT2D eigenvalue weighted by atomic mass is 35.5. The summed E-state index contributed by atoms with van der Waals surface area (Å²) in [4.78, 5) is 19.1. The third-order valence-electron chi connectivity index (χ3n) is 4.54. The molecule has 0 saturated carbocycles. The summed E-state index contributed by atoms with van der Waals surface area (Å²) in [5, 5.41) is 3.21. The fourth-order valence-corrected chi connectivity index (χ4v) is 4.27. The van der Waals surface area contributed by atoms with Crippen molar-refractivity contribution in [2.45, 2.75) is 23.1 Å². The van der Waals surface area contributed by atoms with Crippen LogP contribution in [0.2, 0.25) is 5.02 Å². The van der Waals surface area contributed by atoms with Crippen molar-refractivity contribution >= 4 is 40.7 Å². The van der Waals surface area contributed by atoms with Crippen molar-refractivity contribution in [3.63, 3.8) is 0 Å². The summed E-state index contributed by atoms with van der Waals surface area (Å²) in [7, 11) is 0. The molecule has 1 aliphatic rings. The molecule has 0 spiro atoms. The van der Waals surface area contributed by atoms with Gasteiger partial charge in [-0.15, -0.1) is 0 Å². The van der Waals surface area contributed by atoms with Gasteiger partial charge in [-0.1, -0.05) is 48.5 Å². The number of halogens is 2. The number of aliphatic imine (C=N–C) groups is 1. The smallest absolute Gasteiger partial charge is 0.251 e. The van der Waals surface area contributed by atoms with Crippen molar-refractivity contribution in [3.05, 3.63) is 88.2 Å². The van der Waals surface area contributed by atoms with Gasteiger partial charge in [0.25, 0.3) is 5.91 Å². The minimum atomic E-state index is -0.434. The zero-order chi connectivity index (χ0) is 20.4. The summed E-state index contributed by atoms with van der Waals surface area (Å²) in [6.07, 6.45) is 0.861. The van der Waals surface area contributed by atoms with Crippen LogP contribution in [0.25, 0.3) is 0 Å². The van der Waals surface area contributed by atoms with Crippen LogP contribution in [0.3, 0.4) is 0 Å². The van der Waals surface area contributed by atoms with Gasteiger partial charge in [0.15, 0.2) is 0 Å². The average Bonchev–Trinajstić information content (AvgIpc) is 2.88. The molecule has 1 amide bonds. The summed E-state index contributed by atoms with van der Waals surface area (Å²) < 4.78 is 14.7. The zero-order valence-electron chi connectivity index (χ0n) is 15.7. The number of nitrogens with zero attached hydrogens (tertiary/aromatic N) is 1. The third kappa shape index (κ3) is 4.07. The number of hydrogen-bond acceptors (Lipinski definition) is 3. The minimum Gasteiger partial charge on any atom is -0.352 e. The lowest BCUT2D eigenvalue weighted by Crippen LogP contribution is -2.23. The van der Waals surface area contributed by atoms with Gasteiger partial charge in [-0.25, -0.2) is 9.38 Å². The molecule has 0 atom stereocenters. The number of benzene rings is 3. The predicted octanol–water partition coefficient (Wildman–Crippen LogP) is 6.25. The van der Waals surface area contributed by atoms with E-state index in [1.165, 1.54) is 6.07 Å². The molecular formula is C23H18ClFN2OS. The number of fused-ring (bicyclic) bond motifs is 2. The normalized spacial score (nSPS) is 12.4. The molecule has 0 fully saturated rings. The molecule has 0 aliphatic carbocycles. The summed E-state index contributed by atoms with van der Waals surface area (Å²) in [5.74, 6) is -0.577. The van der Waals surface area contributed by atoms with Crippen molar-refractivity contribution in [1.29, 1.82) is 0 Å². The molecule has 0 aromatic heterocycles. The summed E-state index contributed by atoms with van der Waals surface area (Å²) in [6.45, 7) is 2.61. The molecule has 4 rings (SSSR count). The SMILES string of the molecule is CCCNC(=O)c1ccc2c(c1)N=C(c1ccc(Cl)cc1F)c1ccccc1S2. The molecule has 3 nitrogen and oxygen atoms in total. The summed E-state index contributed by atoms with van der Waals surface area (Å²) in [5.41, 5.74) is 2.90. The first-order valence-corrected chi connectivity index (χ1v) is 10.5. The molecule has 146 valence electrons. The second kappa shape index (κ2) is 8.39. The molecule has 0 radical (unpaired) electrons. The number of carbonyl (C=O) groups is 1. The minimum absolute atomic E-state index is 0.143. The Balaban J connectivity index is 1.87. The van der Waals surface area contributed by atoms with Crippen LogP contribution >= 0.6 is 23.4 Å². The van der Waals surface area contributed by atoms with Gasteiger partial charge < -0.3 is 5.32 Å². The monoisotopic (exact) mass is 424 g/mol. The van der Waals surface area contributed by atoms with E-state index >= 15 is 0 Å². The molecule has 1 heterocycles. The number of amides is 1.